The number of benzene rings is 1. The zero-order valence-corrected chi connectivity index (χ0v) is 14.7. The predicted octanol–water partition coefficient (Wildman–Crippen LogP) is 1.81. The molecule has 24 heavy (non-hydrogen) atoms. The molecule has 3 aliphatic heterocycles. The number of halogens is 1. The third-order valence-corrected chi connectivity index (χ3v) is 5.61. The molecule has 2 atom stereocenters. The summed E-state index contributed by atoms with van der Waals surface area (Å²) in [4.78, 5) is 28.6. The SMILES string of the molecule is CN(C(=O)CN1Cc2ccccc2C1=O)C1CC2CCC(C1)N2.Cl. The van der Waals surface area contributed by atoms with Crippen LogP contribution < -0.4 is 5.32 Å². The molecule has 0 radical (unpaired) electrons. The number of rotatable bonds is 3. The molecule has 1 aromatic carbocycles. The summed E-state index contributed by atoms with van der Waals surface area (Å²) in [5, 5.41) is 3.60. The molecule has 2 saturated heterocycles. The van der Waals surface area contributed by atoms with E-state index in [9.17, 15) is 9.59 Å². The fourth-order valence-corrected chi connectivity index (χ4v) is 4.26. The monoisotopic (exact) mass is 349 g/mol. The minimum atomic E-state index is -0.0206. The molecule has 5 nitrogen and oxygen atoms in total. The third kappa shape index (κ3) is 3.03. The number of hydrogen-bond acceptors (Lipinski definition) is 3. The van der Waals surface area contributed by atoms with Crippen LogP contribution >= 0.6 is 12.4 Å². The summed E-state index contributed by atoms with van der Waals surface area (Å²) in [6, 6.07) is 9.05. The molecule has 3 aliphatic rings. The topological polar surface area (TPSA) is 52.7 Å². The highest BCUT2D eigenvalue weighted by Crippen LogP contribution is 2.29. The third-order valence-electron chi connectivity index (χ3n) is 5.61. The van der Waals surface area contributed by atoms with E-state index in [1.165, 1.54) is 12.8 Å². The van der Waals surface area contributed by atoms with Crippen LogP contribution in [0.2, 0.25) is 0 Å². The summed E-state index contributed by atoms with van der Waals surface area (Å²) in [6.45, 7) is 0.731. The lowest BCUT2D eigenvalue weighted by Crippen LogP contribution is -2.50. The molecule has 1 N–H and O–H groups in total. The van der Waals surface area contributed by atoms with Gasteiger partial charge in [-0.05, 0) is 37.3 Å². The lowest BCUT2D eigenvalue weighted by molar-refractivity contribution is -0.133. The Hall–Kier alpha value is -1.59. The molecule has 1 aromatic rings. The summed E-state index contributed by atoms with van der Waals surface area (Å²) in [5.41, 5.74) is 1.76. The second kappa shape index (κ2) is 6.73. The fraction of sp³-hybridized carbons (Fsp3) is 0.556. The summed E-state index contributed by atoms with van der Waals surface area (Å²) in [7, 11) is 1.89. The van der Waals surface area contributed by atoms with Crippen molar-refractivity contribution < 1.29 is 9.59 Å². The number of fused-ring (bicyclic) bond motifs is 3. The maximum absolute atomic E-state index is 12.6. The fourth-order valence-electron chi connectivity index (χ4n) is 4.26. The molecular formula is C18H24ClN3O2. The molecule has 0 spiro atoms. The van der Waals surface area contributed by atoms with Gasteiger partial charge in [-0.3, -0.25) is 9.59 Å². The predicted molar refractivity (Wildman–Crippen MR) is 94.2 cm³/mol. The molecule has 2 fully saturated rings. The van der Waals surface area contributed by atoms with Crippen molar-refractivity contribution >= 4 is 24.2 Å². The van der Waals surface area contributed by atoms with Crippen molar-refractivity contribution in [1.82, 2.24) is 15.1 Å². The molecular weight excluding hydrogens is 326 g/mol. The lowest BCUT2D eigenvalue weighted by atomic mass is 9.98. The van der Waals surface area contributed by atoms with Gasteiger partial charge in [0.05, 0.1) is 0 Å². The van der Waals surface area contributed by atoms with E-state index in [0.717, 1.165) is 24.0 Å². The Morgan fingerprint density at radius 1 is 1.25 bits per heavy atom. The highest BCUT2D eigenvalue weighted by molar-refractivity contribution is 6.00. The summed E-state index contributed by atoms with van der Waals surface area (Å²) in [5.74, 6) is 0.0326. The first-order valence-corrected chi connectivity index (χ1v) is 8.50. The zero-order valence-electron chi connectivity index (χ0n) is 13.9. The van der Waals surface area contributed by atoms with E-state index in [1.807, 2.05) is 36.2 Å². The van der Waals surface area contributed by atoms with E-state index in [2.05, 4.69) is 5.32 Å². The number of carbonyl (C=O) groups excluding carboxylic acids is 2. The average Bonchev–Trinajstić information content (AvgIpc) is 3.06. The van der Waals surface area contributed by atoms with Gasteiger partial charge in [0.25, 0.3) is 5.91 Å². The van der Waals surface area contributed by atoms with Crippen molar-refractivity contribution in [2.75, 3.05) is 13.6 Å². The van der Waals surface area contributed by atoms with E-state index in [1.54, 1.807) is 4.90 Å². The number of carbonyl (C=O) groups is 2. The van der Waals surface area contributed by atoms with Gasteiger partial charge in [0, 0.05) is 37.3 Å². The van der Waals surface area contributed by atoms with Crippen molar-refractivity contribution in [3.63, 3.8) is 0 Å². The van der Waals surface area contributed by atoms with E-state index in [-0.39, 0.29) is 30.8 Å². The first-order valence-electron chi connectivity index (χ1n) is 8.50. The normalized spacial score (nSPS) is 27.6. The summed E-state index contributed by atoms with van der Waals surface area (Å²) in [6.07, 6.45) is 4.52. The van der Waals surface area contributed by atoms with E-state index in [0.29, 0.717) is 24.7 Å². The zero-order chi connectivity index (χ0) is 16.0. The summed E-state index contributed by atoms with van der Waals surface area (Å²) < 4.78 is 0. The van der Waals surface area contributed by atoms with Gasteiger partial charge in [0.15, 0.2) is 0 Å². The van der Waals surface area contributed by atoms with Gasteiger partial charge >= 0.3 is 0 Å². The van der Waals surface area contributed by atoms with Crippen molar-refractivity contribution in [2.45, 2.75) is 50.4 Å². The second-order valence-corrected chi connectivity index (χ2v) is 7.09. The Morgan fingerprint density at radius 3 is 2.58 bits per heavy atom. The number of hydrogen-bond donors (Lipinski definition) is 1. The van der Waals surface area contributed by atoms with E-state index >= 15 is 0 Å². The Labute approximate surface area is 148 Å². The second-order valence-electron chi connectivity index (χ2n) is 7.09. The van der Waals surface area contributed by atoms with E-state index < -0.39 is 0 Å². The number of nitrogens with zero attached hydrogens (tertiary/aromatic N) is 2. The Balaban J connectivity index is 0.00000169. The number of amides is 2. The van der Waals surface area contributed by atoms with Gasteiger partial charge in [0.1, 0.15) is 6.54 Å². The largest absolute Gasteiger partial charge is 0.341 e. The van der Waals surface area contributed by atoms with Gasteiger partial charge < -0.3 is 15.1 Å². The van der Waals surface area contributed by atoms with Crippen molar-refractivity contribution in [1.29, 1.82) is 0 Å². The van der Waals surface area contributed by atoms with Crippen LogP contribution in [0.25, 0.3) is 0 Å². The van der Waals surface area contributed by atoms with Gasteiger partial charge in [-0.2, -0.15) is 0 Å². The first-order chi connectivity index (χ1) is 11.1. The average molecular weight is 350 g/mol. The Kier molecular flexibility index (Phi) is 4.83. The van der Waals surface area contributed by atoms with Crippen LogP contribution in [-0.4, -0.2) is 53.3 Å². The molecule has 0 saturated carbocycles. The highest BCUT2D eigenvalue weighted by atomic mass is 35.5. The van der Waals surface area contributed by atoms with Crippen LogP contribution in [0, 0.1) is 0 Å². The van der Waals surface area contributed by atoms with Crippen LogP contribution in [0.5, 0.6) is 0 Å². The van der Waals surface area contributed by atoms with E-state index in [4.69, 9.17) is 0 Å². The molecule has 3 heterocycles. The van der Waals surface area contributed by atoms with Crippen molar-refractivity contribution in [2.24, 2.45) is 0 Å². The number of likely N-dealkylation sites (N-methyl/N-ethyl adjacent to an activating group) is 1. The molecule has 0 aliphatic carbocycles. The van der Waals surface area contributed by atoms with Gasteiger partial charge in [-0.1, -0.05) is 18.2 Å². The number of nitrogens with one attached hydrogen (secondary N) is 1. The molecule has 130 valence electrons. The van der Waals surface area contributed by atoms with Crippen LogP contribution in [0.4, 0.5) is 0 Å². The van der Waals surface area contributed by atoms with Gasteiger partial charge in [-0.15, -0.1) is 12.4 Å². The Morgan fingerprint density at radius 2 is 1.92 bits per heavy atom. The molecule has 2 unspecified atom stereocenters. The standard InChI is InChI=1S/C18H23N3O2.ClH/c1-20(15-8-13-6-7-14(9-15)19-13)17(22)11-21-10-12-4-2-3-5-16(12)18(21)23;/h2-5,13-15,19H,6-11H2,1H3;1H. The quantitative estimate of drug-likeness (QED) is 0.905. The Bertz CT molecular complexity index is 639. The van der Waals surface area contributed by atoms with Crippen molar-refractivity contribution in [3.05, 3.63) is 35.4 Å². The van der Waals surface area contributed by atoms with Crippen LogP contribution in [0.3, 0.4) is 0 Å². The van der Waals surface area contributed by atoms with Gasteiger partial charge in [0.2, 0.25) is 5.91 Å². The maximum Gasteiger partial charge on any atom is 0.254 e. The maximum atomic E-state index is 12.6. The number of piperidine rings is 1. The highest BCUT2D eigenvalue weighted by Gasteiger charge is 2.37. The minimum Gasteiger partial charge on any atom is -0.341 e. The first kappa shape index (κ1) is 17.2. The smallest absolute Gasteiger partial charge is 0.254 e. The van der Waals surface area contributed by atoms with Crippen LogP contribution in [0.1, 0.15) is 41.6 Å². The molecule has 4 rings (SSSR count). The van der Waals surface area contributed by atoms with Crippen LogP contribution in [-0.2, 0) is 11.3 Å². The molecule has 2 bridgehead atoms. The molecule has 2 amide bonds. The minimum absolute atomic E-state index is 0. The molecule has 6 heteroatoms. The summed E-state index contributed by atoms with van der Waals surface area (Å²) >= 11 is 0. The van der Waals surface area contributed by atoms with Gasteiger partial charge in [-0.25, -0.2) is 0 Å². The van der Waals surface area contributed by atoms with Crippen molar-refractivity contribution in [3.8, 4) is 0 Å². The molecule has 0 aromatic heterocycles. The van der Waals surface area contributed by atoms with Crippen LogP contribution in [0.15, 0.2) is 24.3 Å². The lowest BCUT2D eigenvalue weighted by Gasteiger charge is -2.36.